The molecular weight excluding hydrogens is 252 g/mol. The number of anilines is 1. The van der Waals surface area contributed by atoms with Gasteiger partial charge in [-0.25, -0.2) is 4.98 Å². The van der Waals surface area contributed by atoms with Crippen LogP contribution in [0.4, 0.5) is 5.69 Å². The van der Waals surface area contributed by atoms with Crippen LogP contribution in [0.15, 0.2) is 54.6 Å². The number of pyridine rings is 1. The van der Waals surface area contributed by atoms with Crippen LogP contribution in [0.3, 0.4) is 0 Å². The van der Waals surface area contributed by atoms with Gasteiger partial charge in [0.2, 0.25) is 5.88 Å². The van der Waals surface area contributed by atoms with E-state index in [-0.39, 0.29) is 0 Å². The fourth-order valence-corrected chi connectivity index (χ4v) is 1.99. The Morgan fingerprint density at radius 2 is 1.80 bits per heavy atom. The zero-order chi connectivity index (χ0) is 13.9. The SMILES string of the molecule is COc1cc(N)ccc1Oc1ccc2ccccc2n1. The molecule has 0 fully saturated rings. The highest BCUT2D eigenvalue weighted by Gasteiger charge is 2.07. The van der Waals surface area contributed by atoms with Crippen molar-refractivity contribution in [2.45, 2.75) is 0 Å². The number of methoxy groups -OCH3 is 1. The third-order valence-electron chi connectivity index (χ3n) is 2.98. The fraction of sp³-hybridized carbons (Fsp3) is 0.0625. The van der Waals surface area contributed by atoms with E-state index in [1.165, 1.54) is 0 Å². The third-order valence-corrected chi connectivity index (χ3v) is 2.98. The minimum Gasteiger partial charge on any atom is -0.493 e. The van der Waals surface area contributed by atoms with E-state index in [2.05, 4.69) is 4.98 Å². The summed E-state index contributed by atoms with van der Waals surface area (Å²) in [6.45, 7) is 0. The van der Waals surface area contributed by atoms with Crippen LogP contribution in [0.2, 0.25) is 0 Å². The van der Waals surface area contributed by atoms with Gasteiger partial charge in [-0.2, -0.15) is 0 Å². The summed E-state index contributed by atoms with van der Waals surface area (Å²) in [5.41, 5.74) is 7.23. The predicted octanol–water partition coefficient (Wildman–Crippen LogP) is 3.62. The molecule has 0 aliphatic rings. The van der Waals surface area contributed by atoms with E-state index >= 15 is 0 Å². The maximum absolute atomic E-state index is 5.77. The Morgan fingerprint density at radius 3 is 2.65 bits per heavy atom. The Kier molecular flexibility index (Phi) is 3.13. The number of nitrogens with zero attached hydrogens (tertiary/aromatic N) is 1. The standard InChI is InChI=1S/C16H14N2O2/c1-19-15-10-12(17)7-8-14(15)20-16-9-6-11-4-2-3-5-13(11)18-16/h2-10H,17H2,1H3. The lowest BCUT2D eigenvalue weighted by molar-refractivity contribution is 0.375. The zero-order valence-electron chi connectivity index (χ0n) is 11.0. The Labute approximate surface area is 116 Å². The number of nitrogen functional groups attached to an aromatic ring is 1. The Hall–Kier alpha value is -2.75. The molecule has 0 spiro atoms. The molecule has 0 radical (unpaired) electrons. The van der Waals surface area contributed by atoms with Crippen LogP contribution in [0, 0.1) is 0 Å². The van der Waals surface area contributed by atoms with Crippen LogP contribution in [-0.2, 0) is 0 Å². The number of nitrogens with two attached hydrogens (primary N) is 1. The highest BCUT2D eigenvalue weighted by molar-refractivity contribution is 5.78. The minimum atomic E-state index is 0.520. The molecule has 0 amide bonds. The predicted molar refractivity (Wildman–Crippen MR) is 79.2 cm³/mol. The summed E-state index contributed by atoms with van der Waals surface area (Å²) < 4.78 is 11.0. The lowest BCUT2D eigenvalue weighted by Gasteiger charge is -2.10. The third kappa shape index (κ3) is 2.36. The number of fused-ring (bicyclic) bond motifs is 1. The number of para-hydroxylation sites is 1. The van der Waals surface area contributed by atoms with Crippen molar-refractivity contribution in [1.82, 2.24) is 4.98 Å². The molecule has 3 rings (SSSR count). The molecule has 1 aromatic heterocycles. The molecule has 0 bridgehead atoms. The summed E-state index contributed by atoms with van der Waals surface area (Å²) in [6.07, 6.45) is 0. The number of rotatable bonds is 3. The second-order valence-corrected chi connectivity index (χ2v) is 4.35. The first-order valence-corrected chi connectivity index (χ1v) is 6.23. The summed E-state index contributed by atoms with van der Waals surface area (Å²) in [4.78, 5) is 4.46. The maximum Gasteiger partial charge on any atom is 0.219 e. The molecule has 0 unspecified atom stereocenters. The minimum absolute atomic E-state index is 0.520. The van der Waals surface area contributed by atoms with E-state index in [0.29, 0.717) is 23.1 Å². The number of aromatic nitrogens is 1. The molecule has 20 heavy (non-hydrogen) atoms. The lowest BCUT2D eigenvalue weighted by atomic mass is 10.2. The van der Waals surface area contributed by atoms with Gasteiger partial charge in [-0.3, -0.25) is 0 Å². The van der Waals surface area contributed by atoms with Crippen LogP contribution in [0.5, 0.6) is 17.4 Å². The van der Waals surface area contributed by atoms with E-state index in [1.807, 2.05) is 36.4 Å². The second kappa shape index (κ2) is 5.09. The van der Waals surface area contributed by atoms with Crippen molar-refractivity contribution < 1.29 is 9.47 Å². The second-order valence-electron chi connectivity index (χ2n) is 4.35. The van der Waals surface area contributed by atoms with E-state index in [0.717, 1.165) is 10.9 Å². The molecule has 100 valence electrons. The number of hydrogen-bond donors (Lipinski definition) is 1. The average Bonchev–Trinajstić information content (AvgIpc) is 2.49. The van der Waals surface area contributed by atoms with Crippen molar-refractivity contribution >= 4 is 16.6 Å². The summed E-state index contributed by atoms with van der Waals surface area (Å²) in [5, 5.41) is 1.07. The van der Waals surface area contributed by atoms with Gasteiger partial charge in [0, 0.05) is 23.2 Å². The van der Waals surface area contributed by atoms with Crippen LogP contribution in [0.1, 0.15) is 0 Å². The van der Waals surface area contributed by atoms with Gasteiger partial charge >= 0.3 is 0 Å². The van der Waals surface area contributed by atoms with Gasteiger partial charge in [-0.15, -0.1) is 0 Å². The van der Waals surface area contributed by atoms with Crippen LogP contribution >= 0.6 is 0 Å². The lowest BCUT2D eigenvalue weighted by Crippen LogP contribution is -1.94. The van der Waals surface area contributed by atoms with Crippen molar-refractivity contribution in [2.75, 3.05) is 12.8 Å². The van der Waals surface area contributed by atoms with E-state index < -0.39 is 0 Å². The van der Waals surface area contributed by atoms with Gasteiger partial charge in [0.05, 0.1) is 12.6 Å². The topological polar surface area (TPSA) is 57.4 Å². The Balaban J connectivity index is 1.96. The molecule has 4 heteroatoms. The Morgan fingerprint density at radius 1 is 0.950 bits per heavy atom. The molecule has 2 N–H and O–H groups in total. The first-order valence-electron chi connectivity index (χ1n) is 6.23. The number of hydrogen-bond acceptors (Lipinski definition) is 4. The molecular formula is C16H14N2O2. The van der Waals surface area contributed by atoms with Crippen molar-refractivity contribution in [3.8, 4) is 17.4 Å². The molecule has 0 atom stereocenters. The largest absolute Gasteiger partial charge is 0.493 e. The highest BCUT2D eigenvalue weighted by atomic mass is 16.5. The van der Waals surface area contributed by atoms with Gasteiger partial charge in [0.1, 0.15) is 0 Å². The van der Waals surface area contributed by atoms with E-state index in [9.17, 15) is 0 Å². The van der Waals surface area contributed by atoms with Crippen LogP contribution in [0.25, 0.3) is 10.9 Å². The molecule has 0 saturated heterocycles. The summed E-state index contributed by atoms with van der Waals surface area (Å²) in [7, 11) is 1.58. The van der Waals surface area contributed by atoms with E-state index in [4.69, 9.17) is 15.2 Å². The van der Waals surface area contributed by atoms with Gasteiger partial charge in [0.15, 0.2) is 11.5 Å². The highest BCUT2D eigenvalue weighted by Crippen LogP contribution is 2.32. The summed E-state index contributed by atoms with van der Waals surface area (Å²) >= 11 is 0. The van der Waals surface area contributed by atoms with Gasteiger partial charge in [0.25, 0.3) is 0 Å². The van der Waals surface area contributed by atoms with Gasteiger partial charge < -0.3 is 15.2 Å². The number of benzene rings is 2. The van der Waals surface area contributed by atoms with Crippen molar-refractivity contribution in [3.63, 3.8) is 0 Å². The first-order chi connectivity index (χ1) is 9.76. The molecule has 3 aromatic rings. The maximum atomic E-state index is 5.77. The number of ether oxygens (including phenoxy) is 2. The van der Waals surface area contributed by atoms with Gasteiger partial charge in [-0.1, -0.05) is 18.2 Å². The monoisotopic (exact) mass is 266 g/mol. The van der Waals surface area contributed by atoms with E-state index in [1.54, 1.807) is 25.3 Å². The summed E-state index contributed by atoms with van der Waals surface area (Å²) in [5.74, 6) is 1.69. The molecule has 0 saturated carbocycles. The van der Waals surface area contributed by atoms with Crippen molar-refractivity contribution in [1.29, 1.82) is 0 Å². The first kappa shape index (κ1) is 12.3. The summed E-state index contributed by atoms with van der Waals surface area (Å²) in [6, 6.07) is 16.9. The molecule has 0 aliphatic carbocycles. The zero-order valence-corrected chi connectivity index (χ0v) is 11.0. The smallest absolute Gasteiger partial charge is 0.219 e. The van der Waals surface area contributed by atoms with Crippen LogP contribution < -0.4 is 15.2 Å². The molecule has 1 heterocycles. The van der Waals surface area contributed by atoms with Gasteiger partial charge in [-0.05, 0) is 24.3 Å². The molecule has 0 aliphatic heterocycles. The fourth-order valence-electron chi connectivity index (χ4n) is 1.99. The van der Waals surface area contributed by atoms with Crippen molar-refractivity contribution in [3.05, 3.63) is 54.6 Å². The average molecular weight is 266 g/mol. The van der Waals surface area contributed by atoms with Crippen molar-refractivity contribution in [2.24, 2.45) is 0 Å². The normalized spacial score (nSPS) is 10.4. The Bertz CT molecular complexity index is 756. The molecule has 2 aromatic carbocycles. The quantitative estimate of drug-likeness (QED) is 0.736. The molecule has 4 nitrogen and oxygen atoms in total. The van der Waals surface area contributed by atoms with Crippen LogP contribution in [-0.4, -0.2) is 12.1 Å².